The number of phosphoric ester groups is 1. The zero-order valence-electron chi connectivity index (χ0n) is 47.8. The number of primary amides is 1. The Morgan fingerprint density at radius 2 is 1.49 bits per heavy atom. The number of amides is 10. The molecule has 4 unspecified atom stereocenters. The highest BCUT2D eigenvalue weighted by Gasteiger charge is 2.46. The van der Waals surface area contributed by atoms with Gasteiger partial charge in [-0.25, -0.2) is 23.3 Å². The number of para-hydroxylation sites is 1. The van der Waals surface area contributed by atoms with Crippen molar-refractivity contribution in [3.8, 4) is 34.3 Å². The van der Waals surface area contributed by atoms with E-state index in [1.165, 1.54) is 30.3 Å². The van der Waals surface area contributed by atoms with Crippen LogP contribution >= 0.6 is 23.5 Å². The summed E-state index contributed by atoms with van der Waals surface area (Å²) in [5.41, 5.74) is 6.45. The van der Waals surface area contributed by atoms with Gasteiger partial charge in [0.1, 0.15) is 41.7 Å². The number of carboxylic acids is 1. The van der Waals surface area contributed by atoms with Crippen molar-refractivity contribution in [3.05, 3.63) is 82.0 Å². The zero-order valence-corrected chi connectivity index (χ0v) is 50.5. The van der Waals surface area contributed by atoms with Crippen LogP contribution in [0, 0.1) is 23.7 Å². The molecule has 1 aliphatic carbocycles. The van der Waals surface area contributed by atoms with E-state index in [0.29, 0.717) is 22.1 Å². The largest absolute Gasteiger partial charge is 0.490 e. The van der Waals surface area contributed by atoms with Gasteiger partial charge in [-0.15, -0.1) is 0 Å². The molecule has 0 aromatic heterocycles. The number of benzene rings is 3. The minimum atomic E-state index is -5.83. The van der Waals surface area contributed by atoms with Crippen molar-refractivity contribution < 1.29 is 114 Å². The number of urea groups is 1. The summed E-state index contributed by atoms with van der Waals surface area (Å²) in [7, 11) is -17.1. The zero-order chi connectivity index (χ0) is 66.3. The molecule has 6 rings (SSSR count). The second-order valence-corrected chi connectivity index (χ2v) is 25.1. The number of carbonyl (C=O) groups is 10. The van der Waals surface area contributed by atoms with Gasteiger partial charge < -0.3 is 76.6 Å². The fourth-order valence-corrected chi connectivity index (χ4v) is 12.2. The summed E-state index contributed by atoms with van der Waals surface area (Å²) in [6.45, 7) is 0.568. The van der Waals surface area contributed by atoms with Crippen molar-refractivity contribution >= 4 is 93.7 Å². The molecule has 37 heteroatoms. The molecule has 2 aromatic carbocycles. The van der Waals surface area contributed by atoms with Crippen LogP contribution in [0.3, 0.4) is 0 Å². The Morgan fingerprint density at radius 1 is 0.800 bits per heavy atom. The van der Waals surface area contributed by atoms with Crippen molar-refractivity contribution in [2.45, 2.75) is 89.3 Å². The molecule has 8 atom stereocenters. The maximum absolute atomic E-state index is 13.4. The van der Waals surface area contributed by atoms with E-state index in [2.05, 4.69) is 62.2 Å². The van der Waals surface area contributed by atoms with Crippen LogP contribution in [-0.2, 0) is 65.1 Å². The highest BCUT2D eigenvalue weighted by atomic mass is 31.3. The molecule has 15 N–H and O–H groups in total. The Balaban J connectivity index is 0.867. The lowest BCUT2D eigenvalue weighted by Crippen LogP contribution is -2.57. The molecule has 3 heterocycles. The first-order valence-corrected chi connectivity index (χ1v) is 31.8. The monoisotopic (exact) mass is 1320 g/mol. The first-order valence-electron chi connectivity index (χ1n) is 27.3. The third-order valence-electron chi connectivity index (χ3n) is 13.3. The lowest BCUT2D eigenvalue weighted by molar-refractivity contribution is -0.130. The maximum atomic E-state index is 13.4. The molecule has 10 amide bonds. The quantitative estimate of drug-likeness (QED) is 0.0139. The van der Waals surface area contributed by atoms with Gasteiger partial charge in [0.2, 0.25) is 41.4 Å². The predicted octanol–water partition coefficient (Wildman–Crippen LogP) is -0.216. The lowest BCUT2D eigenvalue weighted by atomic mass is 9.90. The molecule has 34 nitrogen and oxygen atoms in total. The van der Waals surface area contributed by atoms with Crippen LogP contribution in [0.5, 0.6) is 0 Å². The van der Waals surface area contributed by atoms with Gasteiger partial charge in [0.05, 0.1) is 37.9 Å². The number of phosphoric acid groups is 3. The molecule has 0 radical (unpaired) electrons. The minimum absolute atomic E-state index is 0.00262. The first kappa shape index (κ1) is 70.8. The number of carboxylic acid groups (broad SMARTS) is 1. The molecule has 90 heavy (non-hydrogen) atoms. The molecule has 486 valence electrons. The molecule has 3 aliphatic heterocycles. The van der Waals surface area contributed by atoms with Crippen LogP contribution in [-0.4, -0.2) is 164 Å². The number of nitrogens with zero attached hydrogens (tertiary/aromatic N) is 1. The maximum Gasteiger partial charge on any atom is 0.490 e. The van der Waals surface area contributed by atoms with Crippen molar-refractivity contribution in [2.75, 3.05) is 39.3 Å². The van der Waals surface area contributed by atoms with Gasteiger partial charge in [0.15, 0.2) is 5.43 Å². The highest BCUT2D eigenvalue weighted by Crippen LogP contribution is 2.66. The van der Waals surface area contributed by atoms with Crippen LogP contribution < -0.4 is 48.4 Å². The van der Waals surface area contributed by atoms with Gasteiger partial charge >= 0.3 is 35.5 Å². The summed E-state index contributed by atoms with van der Waals surface area (Å²) < 4.78 is 57.7. The minimum Gasteiger partial charge on any atom is -0.478 e. The average Bonchev–Trinajstić information content (AvgIpc) is 0.846. The van der Waals surface area contributed by atoms with Gasteiger partial charge in [-0.2, -0.15) is 8.62 Å². The topological polar surface area (TPSA) is 524 Å². The van der Waals surface area contributed by atoms with Crippen LogP contribution in [0.1, 0.15) is 79.5 Å². The number of fused-ring (bicyclic) bond motifs is 2. The van der Waals surface area contributed by atoms with E-state index in [1.54, 1.807) is 38.1 Å². The first-order chi connectivity index (χ1) is 42.3. The van der Waals surface area contributed by atoms with Crippen LogP contribution in [0.15, 0.2) is 69.9 Å². The molecule has 2 fully saturated rings. The van der Waals surface area contributed by atoms with E-state index >= 15 is 0 Å². The van der Waals surface area contributed by atoms with Crippen LogP contribution in [0.2, 0.25) is 0 Å². The highest BCUT2D eigenvalue weighted by molar-refractivity contribution is 7.66. The number of hydrogen-bond donors (Lipinski definition) is 14. The number of unbranched alkanes of at least 4 members (excludes halogenated alkanes) is 1. The molecule has 0 bridgehead atoms. The Kier molecular flexibility index (Phi) is 24.7. The summed E-state index contributed by atoms with van der Waals surface area (Å²) in [5, 5.41) is 38.1. The normalized spacial score (nSPS) is 18.6. The fourth-order valence-electron chi connectivity index (χ4n) is 9.15. The van der Waals surface area contributed by atoms with Crippen molar-refractivity contribution in [2.24, 2.45) is 17.6 Å². The average molecular weight is 1320 g/mol. The standard InChI is InChI=1S/C53H64N9O25P3/c1-28(2)20-37(51(72)56-19-17-43(66)55-18-7-8-30-26-62(53(75)61-50(30)71)46-23-38(64)41(85-46)27-83-89(79,80)87-90(81,82)86-88(76,77)78)59-45(68)25-58-44(67)24-57-42(65)12-6-4-10-36(48(54)69)60-49(70)29-13-15-32(35(21-29)52(73)74)47-33-9-3-5-11-39(33)84-40-22-31(63)14-16-34(40)47/h3,5,9,11,13-16,21-22,28,30,36-38,41,46,64H,4,6,10,12,17-20,23-27H2,1-2H3,(H2,54,69)(H,55,66)(H,56,72)(H,57,65)(H,58,67)(H,59,68)(H,60,70)(H,73,74)(H,79,80)(H,81,82)(H,61,71,75)(H2,76,77,78)/t30?,36?,37-,38+,41-,46-/m1/s1. The molecule has 2 saturated heterocycles. The van der Waals surface area contributed by atoms with Gasteiger partial charge in [-0.05, 0) is 61.1 Å². The van der Waals surface area contributed by atoms with Crippen LogP contribution in [0.4, 0.5) is 4.79 Å². The Labute approximate surface area is 510 Å². The Hall–Kier alpha value is -8.28. The van der Waals surface area contributed by atoms with Gasteiger partial charge in [0, 0.05) is 60.5 Å². The number of aliphatic hydroxyl groups is 1. The number of aromatic carboxylic acids is 1. The molecule has 0 saturated carbocycles. The second-order valence-electron chi connectivity index (χ2n) is 20.6. The van der Waals surface area contributed by atoms with E-state index in [-0.39, 0.29) is 91.8 Å². The van der Waals surface area contributed by atoms with Crippen molar-refractivity contribution in [1.82, 2.24) is 42.1 Å². The number of ether oxygens (including phenoxy) is 1. The third kappa shape index (κ3) is 21.2. The summed E-state index contributed by atoms with van der Waals surface area (Å²) in [6, 6.07) is 11.7. The number of hydrogen-bond acceptors (Lipinski definition) is 20. The predicted molar refractivity (Wildman–Crippen MR) is 309 cm³/mol. The Bertz CT molecular complexity index is 3660. The summed E-state index contributed by atoms with van der Waals surface area (Å²) in [6.07, 6.45) is -4.40. The van der Waals surface area contributed by atoms with Crippen molar-refractivity contribution in [3.63, 3.8) is 0 Å². The second kappa shape index (κ2) is 31.4. The third-order valence-corrected chi connectivity index (χ3v) is 17.1. The molecular formula is C53H64N9O25P3. The van der Waals surface area contributed by atoms with E-state index in [4.69, 9.17) is 24.7 Å². The molecular weight excluding hydrogens is 1260 g/mol. The van der Waals surface area contributed by atoms with Crippen molar-refractivity contribution in [1.29, 1.82) is 0 Å². The number of aliphatic hydroxyl groups excluding tert-OH is 1. The summed E-state index contributed by atoms with van der Waals surface area (Å²) in [5.74, 6) is -3.08. The number of rotatable bonds is 30. The number of imide groups is 1. The van der Waals surface area contributed by atoms with Gasteiger partial charge in [-0.1, -0.05) is 56.4 Å². The summed E-state index contributed by atoms with van der Waals surface area (Å²) >= 11 is 0. The van der Waals surface area contributed by atoms with E-state index < -0.39 is 145 Å². The SMILES string of the molecule is CC(C)C[C@@H](NC(=O)CNC(=O)CNC(=O)CCCCC(NC(=O)c1ccc(-c2c3ccc(=O)cc-3oc3ccccc23)c(C(=O)O)c1)C(N)=O)C(=O)NCCC(=O)NCC#CC1CN([C@H]2C[C@H](O)[C@@H](COP(=O)(O)OP(=O)(O)OP(=O)(O)O)O2)C(=O)NC1=O. The number of carbonyl (C=O) groups excluding carboxylic acids is 9. The van der Waals surface area contributed by atoms with E-state index in [0.717, 1.165) is 11.0 Å². The van der Waals surface area contributed by atoms with Gasteiger partial charge in [0.25, 0.3) is 5.91 Å². The van der Waals surface area contributed by atoms with E-state index in [1.807, 2.05) is 0 Å². The van der Waals surface area contributed by atoms with Crippen LogP contribution in [0.25, 0.3) is 33.4 Å². The molecule has 2 aromatic rings. The van der Waals surface area contributed by atoms with E-state index in [9.17, 15) is 86.4 Å². The smallest absolute Gasteiger partial charge is 0.478 e. The lowest BCUT2D eigenvalue weighted by Gasteiger charge is -2.33. The summed E-state index contributed by atoms with van der Waals surface area (Å²) in [4.78, 5) is 177. The number of nitrogens with two attached hydrogens (primary N) is 1. The molecule has 0 spiro atoms. The Morgan fingerprint density at radius 3 is 2.19 bits per heavy atom. The van der Waals surface area contributed by atoms with Gasteiger partial charge in [-0.3, -0.25) is 57.9 Å². The fraction of sp³-hybridized carbons (Fsp3) is 0.415. The molecule has 4 aliphatic rings. The number of nitrogens with one attached hydrogen (secondary N) is 7.